The molecule has 2 aromatic rings. The van der Waals surface area contributed by atoms with Gasteiger partial charge in [-0.25, -0.2) is 0 Å². The Labute approximate surface area is 134 Å². The number of hydrogen-bond donors (Lipinski definition) is 2. The second kappa shape index (κ2) is 6.87. The fourth-order valence-electron chi connectivity index (χ4n) is 2.64. The third-order valence-electron chi connectivity index (χ3n) is 4.04. The second-order valence-corrected chi connectivity index (χ2v) is 6.11. The van der Waals surface area contributed by atoms with Gasteiger partial charge in [0.15, 0.2) is 0 Å². The molecule has 0 bridgehead atoms. The Morgan fingerprint density at radius 1 is 1.39 bits per heavy atom. The van der Waals surface area contributed by atoms with E-state index in [2.05, 4.69) is 25.8 Å². The first-order valence-electron chi connectivity index (χ1n) is 7.90. The lowest BCUT2D eigenvalue weighted by Gasteiger charge is -2.20. The summed E-state index contributed by atoms with van der Waals surface area (Å²) in [6.07, 6.45) is 4.23. The van der Waals surface area contributed by atoms with Crippen LogP contribution in [0.15, 0.2) is 29.0 Å². The molecule has 1 fully saturated rings. The topological polar surface area (TPSA) is 92.9 Å². The highest BCUT2D eigenvalue weighted by molar-refractivity contribution is 5.79. The minimum atomic E-state index is -0.286. The summed E-state index contributed by atoms with van der Waals surface area (Å²) in [5.74, 6) is 1.14. The summed E-state index contributed by atoms with van der Waals surface area (Å²) in [5.41, 5.74) is 0.837. The monoisotopic (exact) mass is 315 g/mol. The van der Waals surface area contributed by atoms with E-state index in [0.717, 1.165) is 25.1 Å². The Morgan fingerprint density at radius 2 is 2.17 bits per heavy atom. The summed E-state index contributed by atoms with van der Waals surface area (Å²) in [5, 5.41) is 10.3. The van der Waals surface area contributed by atoms with Crippen LogP contribution in [0, 0.1) is 11.8 Å². The predicted octanol–water partition coefficient (Wildman–Crippen LogP) is 1.55. The molecule has 2 N–H and O–H groups in total. The maximum atomic E-state index is 12.4. The molecule has 7 heteroatoms. The fourth-order valence-corrected chi connectivity index (χ4v) is 2.64. The zero-order chi connectivity index (χ0) is 16.2. The molecule has 2 atom stereocenters. The Balaban J connectivity index is 1.76. The first-order valence-corrected chi connectivity index (χ1v) is 7.90. The largest absolute Gasteiger partial charge is 0.344 e. The van der Waals surface area contributed by atoms with E-state index in [1.165, 1.54) is 0 Å². The summed E-state index contributed by atoms with van der Waals surface area (Å²) in [6, 6.07) is 3.36. The highest BCUT2D eigenvalue weighted by Crippen LogP contribution is 2.24. The number of hydrogen-bond acceptors (Lipinski definition) is 6. The zero-order valence-electron chi connectivity index (χ0n) is 13.3. The third kappa shape index (κ3) is 3.56. The van der Waals surface area contributed by atoms with Gasteiger partial charge in [0.1, 0.15) is 6.04 Å². The van der Waals surface area contributed by atoms with Gasteiger partial charge in [0.05, 0.1) is 5.92 Å². The lowest BCUT2D eigenvalue weighted by atomic mass is 10.0. The number of nitrogens with one attached hydrogen (secondary N) is 2. The average molecular weight is 315 g/mol. The summed E-state index contributed by atoms with van der Waals surface area (Å²) in [7, 11) is 0. The molecule has 1 amide bonds. The van der Waals surface area contributed by atoms with Crippen LogP contribution in [0.5, 0.6) is 0 Å². The normalized spacial score (nSPS) is 19.0. The predicted molar refractivity (Wildman–Crippen MR) is 84.2 cm³/mol. The quantitative estimate of drug-likeness (QED) is 0.869. The minimum absolute atomic E-state index is 0.0128. The fraction of sp³-hybridized carbons (Fsp3) is 0.500. The standard InChI is InChI=1S/C16H21N5O2/c1-10(2)13(19-15(22)12-5-8-18-9-12)16-20-14(21-23-16)11-3-6-17-7-4-11/h3-4,6-7,10,12-13,18H,5,8-9H2,1-2H3,(H,19,22). The SMILES string of the molecule is CC(C)C(NC(=O)C1CCNC1)c1nc(-c2ccncc2)no1. The van der Waals surface area contributed by atoms with Gasteiger partial charge in [0.25, 0.3) is 0 Å². The number of amides is 1. The Morgan fingerprint density at radius 3 is 2.83 bits per heavy atom. The molecule has 0 saturated carbocycles. The number of pyridine rings is 1. The summed E-state index contributed by atoms with van der Waals surface area (Å²) >= 11 is 0. The molecule has 0 radical (unpaired) electrons. The molecular formula is C16H21N5O2. The molecule has 3 rings (SSSR count). The van der Waals surface area contributed by atoms with Gasteiger partial charge in [-0.15, -0.1) is 0 Å². The molecule has 2 aromatic heterocycles. The lowest BCUT2D eigenvalue weighted by Crippen LogP contribution is -2.37. The average Bonchev–Trinajstić information content (AvgIpc) is 3.24. The highest BCUT2D eigenvalue weighted by Gasteiger charge is 2.29. The van der Waals surface area contributed by atoms with Crippen LogP contribution in [0.1, 0.15) is 32.2 Å². The maximum Gasteiger partial charge on any atom is 0.249 e. The summed E-state index contributed by atoms with van der Waals surface area (Å²) in [4.78, 5) is 20.8. The van der Waals surface area contributed by atoms with Crippen LogP contribution in [-0.2, 0) is 4.79 Å². The molecule has 7 nitrogen and oxygen atoms in total. The van der Waals surface area contributed by atoms with Gasteiger partial charge in [0.2, 0.25) is 17.6 Å². The van der Waals surface area contributed by atoms with E-state index in [-0.39, 0.29) is 23.8 Å². The van der Waals surface area contributed by atoms with E-state index in [1.807, 2.05) is 26.0 Å². The van der Waals surface area contributed by atoms with Crippen molar-refractivity contribution >= 4 is 5.91 Å². The number of carbonyl (C=O) groups excluding carboxylic acids is 1. The van der Waals surface area contributed by atoms with Crippen molar-refractivity contribution in [2.45, 2.75) is 26.3 Å². The molecule has 0 aromatic carbocycles. The first kappa shape index (κ1) is 15.6. The molecule has 3 heterocycles. The van der Waals surface area contributed by atoms with E-state index < -0.39 is 0 Å². The number of carbonyl (C=O) groups is 1. The van der Waals surface area contributed by atoms with Crippen molar-refractivity contribution in [3.63, 3.8) is 0 Å². The molecule has 122 valence electrons. The minimum Gasteiger partial charge on any atom is -0.344 e. The number of aromatic nitrogens is 3. The third-order valence-corrected chi connectivity index (χ3v) is 4.04. The second-order valence-electron chi connectivity index (χ2n) is 6.11. The van der Waals surface area contributed by atoms with Gasteiger partial charge < -0.3 is 15.2 Å². The highest BCUT2D eigenvalue weighted by atomic mass is 16.5. The van der Waals surface area contributed by atoms with Crippen molar-refractivity contribution < 1.29 is 9.32 Å². The Bertz CT molecular complexity index is 650. The van der Waals surface area contributed by atoms with Crippen LogP contribution in [0.4, 0.5) is 0 Å². The van der Waals surface area contributed by atoms with E-state index in [0.29, 0.717) is 11.7 Å². The van der Waals surface area contributed by atoms with Gasteiger partial charge in [-0.3, -0.25) is 9.78 Å². The number of nitrogens with zero attached hydrogens (tertiary/aromatic N) is 3. The lowest BCUT2D eigenvalue weighted by molar-refractivity contribution is -0.125. The summed E-state index contributed by atoms with van der Waals surface area (Å²) < 4.78 is 5.39. The molecular weight excluding hydrogens is 294 g/mol. The molecule has 23 heavy (non-hydrogen) atoms. The summed E-state index contributed by atoms with van der Waals surface area (Å²) in [6.45, 7) is 5.65. The Hall–Kier alpha value is -2.28. The van der Waals surface area contributed by atoms with E-state index in [4.69, 9.17) is 4.52 Å². The van der Waals surface area contributed by atoms with Crippen molar-refractivity contribution in [2.24, 2.45) is 11.8 Å². The van der Waals surface area contributed by atoms with Crippen molar-refractivity contribution in [1.29, 1.82) is 0 Å². The van der Waals surface area contributed by atoms with Gasteiger partial charge in [0, 0.05) is 24.5 Å². The molecule has 2 unspecified atom stereocenters. The molecule has 1 saturated heterocycles. The van der Waals surface area contributed by atoms with Crippen LogP contribution in [-0.4, -0.2) is 34.1 Å². The van der Waals surface area contributed by atoms with Gasteiger partial charge in [-0.1, -0.05) is 19.0 Å². The molecule has 1 aliphatic heterocycles. The molecule has 1 aliphatic rings. The smallest absolute Gasteiger partial charge is 0.249 e. The van der Waals surface area contributed by atoms with Crippen molar-refractivity contribution in [3.8, 4) is 11.4 Å². The van der Waals surface area contributed by atoms with Crippen molar-refractivity contribution in [1.82, 2.24) is 25.8 Å². The van der Waals surface area contributed by atoms with E-state index in [1.54, 1.807) is 12.4 Å². The molecule has 0 aliphatic carbocycles. The van der Waals surface area contributed by atoms with Crippen LogP contribution < -0.4 is 10.6 Å². The van der Waals surface area contributed by atoms with E-state index >= 15 is 0 Å². The van der Waals surface area contributed by atoms with E-state index in [9.17, 15) is 4.79 Å². The van der Waals surface area contributed by atoms with Crippen molar-refractivity contribution in [2.75, 3.05) is 13.1 Å². The van der Waals surface area contributed by atoms with Crippen LogP contribution in [0.25, 0.3) is 11.4 Å². The van der Waals surface area contributed by atoms with Gasteiger partial charge >= 0.3 is 0 Å². The van der Waals surface area contributed by atoms with Crippen LogP contribution in [0.3, 0.4) is 0 Å². The number of rotatable bonds is 5. The first-order chi connectivity index (χ1) is 11.1. The van der Waals surface area contributed by atoms with Gasteiger partial charge in [-0.2, -0.15) is 4.98 Å². The van der Waals surface area contributed by atoms with Crippen molar-refractivity contribution in [3.05, 3.63) is 30.4 Å². The van der Waals surface area contributed by atoms with Crippen LogP contribution in [0.2, 0.25) is 0 Å². The van der Waals surface area contributed by atoms with Crippen LogP contribution >= 0.6 is 0 Å². The Kier molecular flexibility index (Phi) is 4.66. The van der Waals surface area contributed by atoms with Gasteiger partial charge in [-0.05, 0) is 31.0 Å². The molecule has 0 spiro atoms. The zero-order valence-corrected chi connectivity index (χ0v) is 13.3. The maximum absolute atomic E-state index is 12.4.